The molecule has 0 aliphatic heterocycles. The van der Waals surface area contributed by atoms with Crippen LogP contribution in [0.15, 0.2) is 12.1 Å². The summed E-state index contributed by atoms with van der Waals surface area (Å²) < 4.78 is 5.10. The van der Waals surface area contributed by atoms with Gasteiger partial charge in [-0.1, -0.05) is 11.6 Å². The molecule has 0 aliphatic rings. The van der Waals surface area contributed by atoms with E-state index in [4.69, 9.17) is 11.6 Å². The van der Waals surface area contributed by atoms with Crippen molar-refractivity contribution in [2.45, 2.75) is 13.8 Å². The average Bonchev–Trinajstić information content (AvgIpc) is 2.62. The molecule has 1 heterocycles. The number of rotatable bonds is 3. The maximum atomic E-state index is 11.9. The lowest BCUT2D eigenvalue weighted by atomic mass is 9.87. The molecule has 5 heteroatoms. The van der Waals surface area contributed by atoms with E-state index in [0.29, 0.717) is 9.21 Å². The van der Waals surface area contributed by atoms with E-state index < -0.39 is 11.4 Å². The number of hydrogen-bond donors (Lipinski definition) is 0. The third-order valence-corrected chi connectivity index (χ3v) is 3.29. The Morgan fingerprint density at radius 2 is 2.00 bits per heavy atom. The molecule has 82 valence electrons. The number of methoxy groups -OCH3 is 1. The molecule has 0 amide bonds. The van der Waals surface area contributed by atoms with E-state index in [-0.39, 0.29) is 5.78 Å². The first kappa shape index (κ1) is 12.2. The fourth-order valence-electron chi connectivity index (χ4n) is 1.09. The Bertz CT molecular complexity index is 395. The number of ketones is 1. The van der Waals surface area contributed by atoms with E-state index in [1.807, 2.05) is 0 Å². The van der Waals surface area contributed by atoms with Gasteiger partial charge in [0.2, 0.25) is 0 Å². The third-order valence-electron chi connectivity index (χ3n) is 2.06. The SMILES string of the molecule is COC(=O)C(C)(C)C(=O)c1ccc(Cl)s1. The molecule has 0 saturated carbocycles. The van der Waals surface area contributed by atoms with Crippen LogP contribution in [0.4, 0.5) is 0 Å². The summed E-state index contributed by atoms with van der Waals surface area (Å²) >= 11 is 6.88. The predicted molar refractivity (Wildman–Crippen MR) is 59.5 cm³/mol. The second-order valence-corrected chi connectivity index (χ2v) is 5.26. The summed E-state index contributed by atoms with van der Waals surface area (Å²) in [6.45, 7) is 3.07. The van der Waals surface area contributed by atoms with E-state index in [9.17, 15) is 9.59 Å². The van der Waals surface area contributed by atoms with Crippen LogP contribution in [0.2, 0.25) is 4.34 Å². The van der Waals surface area contributed by atoms with Crippen LogP contribution >= 0.6 is 22.9 Å². The molecule has 0 atom stereocenters. The van der Waals surface area contributed by atoms with Crippen molar-refractivity contribution in [2.75, 3.05) is 7.11 Å². The average molecular weight is 247 g/mol. The second-order valence-electron chi connectivity index (χ2n) is 3.55. The number of Topliss-reactive ketones (excluding diaryl/α,β-unsaturated/α-hetero) is 1. The van der Waals surface area contributed by atoms with Crippen molar-refractivity contribution in [1.82, 2.24) is 0 Å². The summed E-state index contributed by atoms with van der Waals surface area (Å²) in [7, 11) is 1.26. The van der Waals surface area contributed by atoms with Crippen LogP contribution in [0.3, 0.4) is 0 Å². The highest BCUT2D eigenvalue weighted by molar-refractivity contribution is 7.18. The maximum Gasteiger partial charge on any atom is 0.319 e. The summed E-state index contributed by atoms with van der Waals surface area (Å²) in [4.78, 5) is 23.8. The lowest BCUT2D eigenvalue weighted by molar-refractivity contribution is -0.147. The number of hydrogen-bond acceptors (Lipinski definition) is 4. The Hall–Kier alpha value is -0.870. The molecule has 1 aromatic heterocycles. The van der Waals surface area contributed by atoms with Crippen LogP contribution in [-0.4, -0.2) is 18.9 Å². The van der Waals surface area contributed by atoms with Crippen molar-refractivity contribution < 1.29 is 14.3 Å². The first-order valence-electron chi connectivity index (χ1n) is 4.28. The Balaban J connectivity index is 2.99. The minimum absolute atomic E-state index is 0.272. The van der Waals surface area contributed by atoms with Crippen molar-refractivity contribution in [3.63, 3.8) is 0 Å². The molecule has 0 bridgehead atoms. The zero-order valence-electron chi connectivity index (χ0n) is 8.67. The normalized spacial score (nSPS) is 11.2. The molecule has 0 aliphatic carbocycles. The Labute approximate surface area is 97.0 Å². The molecule has 0 radical (unpaired) electrons. The standard InChI is InChI=1S/C10H11ClO3S/c1-10(2,9(13)14-3)8(12)6-4-5-7(11)15-6/h4-5H,1-3H3. The van der Waals surface area contributed by atoms with Gasteiger partial charge >= 0.3 is 5.97 Å². The number of halogens is 1. The number of esters is 1. The van der Waals surface area contributed by atoms with Crippen molar-refractivity contribution in [2.24, 2.45) is 5.41 Å². The van der Waals surface area contributed by atoms with Gasteiger partial charge in [0.05, 0.1) is 16.3 Å². The highest BCUT2D eigenvalue weighted by Gasteiger charge is 2.38. The molecule has 0 fully saturated rings. The first-order chi connectivity index (χ1) is 6.89. The quantitative estimate of drug-likeness (QED) is 0.468. The molecule has 0 saturated heterocycles. The van der Waals surface area contributed by atoms with Crippen LogP contribution in [0.5, 0.6) is 0 Å². The maximum absolute atomic E-state index is 11.9. The molecular formula is C10H11ClO3S. The second kappa shape index (κ2) is 4.33. The van der Waals surface area contributed by atoms with Crippen LogP contribution < -0.4 is 0 Å². The summed E-state index contributed by atoms with van der Waals surface area (Å²) in [5.41, 5.74) is -1.16. The Morgan fingerprint density at radius 3 is 2.40 bits per heavy atom. The van der Waals surface area contributed by atoms with Gasteiger partial charge in [-0.3, -0.25) is 9.59 Å². The minimum atomic E-state index is -1.16. The van der Waals surface area contributed by atoms with Crippen LogP contribution in [0, 0.1) is 5.41 Å². The number of thiophene rings is 1. The van der Waals surface area contributed by atoms with E-state index >= 15 is 0 Å². The van der Waals surface area contributed by atoms with Gasteiger partial charge in [0, 0.05) is 0 Å². The molecule has 1 rings (SSSR count). The van der Waals surface area contributed by atoms with E-state index in [0.717, 1.165) is 11.3 Å². The third kappa shape index (κ3) is 2.38. The van der Waals surface area contributed by atoms with Crippen molar-refractivity contribution in [3.8, 4) is 0 Å². The summed E-state index contributed by atoms with van der Waals surface area (Å²) in [6.07, 6.45) is 0. The summed E-state index contributed by atoms with van der Waals surface area (Å²) in [6, 6.07) is 3.24. The number of carbonyl (C=O) groups excluding carboxylic acids is 2. The smallest absolute Gasteiger partial charge is 0.319 e. The van der Waals surface area contributed by atoms with Gasteiger partial charge in [0.1, 0.15) is 5.41 Å². The molecule has 0 aromatic carbocycles. The zero-order chi connectivity index (χ0) is 11.6. The lowest BCUT2D eigenvalue weighted by Gasteiger charge is -2.18. The number of carbonyl (C=O) groups is 2. The molecule has 0 spiro atoms. The largest absolute Gasteiger partial charge is 0.468 e. The molecule has 15 heavy (non-hydrogen) atoms. The van der Waals surface area contributed by atoms with E-state index in [1.165, 1.54) is 21.0 Å². The van der Waals surface area contributed by atoms with Crippen molar-refractivity contribution >= 4 is 34.7 Å². The Morgan fingerprint density at radius 1 is 1.40 bits per heavy atom. The van der Waals surface area contributed by atoms with Gasteiger partial charge in [0.15, 0.2) is 5.78 Å². The van der Waals surface area contributed by atoms with Crippen LogP contribution in [0.1, 0.15) is 23.5 Å². The zero-order valence-corrected chi connectivity index (χ0v) is 10.2. The van der Waals surface area contributed by atoms with Crippen molar-refractivity contribution in [3.05, 3.63) is 21.3 Å². The van der Waals surface area contributed by atoms with E-state index in [2.05, 4.69) is 4.74 Å². The van der Waals surface area contributed by atoms with Gasteiger partial charge in [-0.2, -0.15) is 0 Å². The highest BCUT2D eigenvalue weighted by Crippen LogP contribution is 2.29. The molecule has 1 aromatic rings. The monoisotopic (exact) mass is 246 g/mol. The van der Waals surface area contributed by atoms with Crippen molar-refractivity contribution in [1.29, 1.82) is 0 Å². The summed E-state index contributed by atoms with van der Waals surface area (Å²) in [5, 5.41) is 0. The fourth-order valence-corrected chi connectivity index (χ4v) is 2.23. The molecule has 3 nitrogen and oxygen atoms in total. The van der Waals surface area contributed by atoms with Gasteiger partial charge in [0.25, 0.3) is 0 Å². The van der Waals surface area contributed by atoms with Gasteiger partial charge in [-0.25, -0.2) is 0 Å². The number of ether oxygens (including phenoxy) is 1. The van der Waals surface area contributed by atoms with Crippen LogP contribution in [0.25, 0.3) is 0 Å². The van der Waals surface area contributed by atoms with E-state index in [1.54, 1.807) is 12.1 Å². The molecule has 0 unspecified atom stereocenters. The molecular weight excluding hydrogens is 236 g/mol. The predicted octanol–water partition coefficient (Wildman–Crippen LogP) is 2.78. The Kier molecular flexibility index (Phi) is 3.52. The van der Waals surface area contributed by atoms with Crippen LogP contribution in [-0.2, 0) is 9.53 Å². The fraction of sp³-hybridized carbons (Fsp3) is 0.400. The first-order valence-corrected chi connectivity index (χ1v) is 5.47. The van der Waals surface area contributed by atoms with Gasteiger partial charge in [-0.05, 0) is 26.0 Å². The summed E-state index contributed by atoms with van der Waals surface area (Å²) in [5.74, 6) is -0.816. The van der Waals surface area contributed by atoms with Gasteiger partial charge < -0.3 is 4.74 Å². The highest BCUT2D eigenvalue weighted by atomic mass is 35.5. The van der Waals surface area contributed by atoms with Gasteiger partial charge in [-0.15, -0.1) is 11.3 Å². The lowest BCUT2D eigenvalue weighted by Crippen LogP contribution is -2.34. The molecule has 0 N–H and O–H groups in total. The minimum Gasteiger partial charge on any atom is -0.468 e. The topological polar surface area (TPSA) is 43.4 Å².